The zero-order valence-corrected chi connectivity index (χ0v) is 11.0. The molecule has 0 amide bonds. The summed E-state index contributed by atoms with van der Waals surface area (Å²) < 4.78 is 5.30. The molecule has 1 rings (SSSR count). The van der Waals surface area contributed by atoms with Crippen molar-refractivity contribution in [3.8, 4) is 0 Å². The maximum atomic E-state index is 5.30. The van der Waals surface area contributed by atoms with Crippen molar-refractivity contribution in [2.45, 2.75) is 45.1 Å². The number of nitrogens with one attached hydrogen (secondary N) is 1. The van der Waals surface area contributed by atoms with E-state index >= 15 is 0 Å². The summed E-state index contributed by atoms with van der Waals surface area (Å²) in [5.41, 5.74) is 0. The first-order valence-electron chi connectivity index (χ1n) is 6.83. The van der Waals surface area contributed by atoms with E-state index in [0.29, 0.717) is 0 Å². The van der Waals surface area contributed by atoms with Gasteiger partial charge >= 0.3 is 0 Å². The van der Waals surface area contributed by atoms with Gasteiger partial charge in [-0.2, -0.15) is 0 Å². The van der Waals surface area contributed by atoms with Crippen molar-refractivity contribution in [2.24, 2.45) is 0 Å². The van der Waals surface area contributed by atoms with Crippen molar-refractivity contribution in [3.63, 3.8) is 0 Å². The first kappa shape index (κ1) is 13.9. The van der Waals surface area contributed by atoms with Crippen molar-refractivity contribution in [2.75, 3.05) is 39.9 Å². The van der Waals surface area contributed by atoms with E-state index in [-0.39, 0.29) is 0 Å². The second kappa shape index (κ2) is 8.97. The molecule has 96 valence electrons. The van der Waals surface area contributed by atoms with Gasteiger partial charge in [-0.25, -0.2) is 0 Å². The predicted octanol–water partition coefficient (Wildman–Crippen LogP) is 1.88. The molecule has 0 atom stereocenters. The van der Waals surface area contributed by atoms with Crippen LogP contribution in [0.25, 0.3) is 0 Å². The van der Waals surface area contributed by atoms with Crippen LogP contribution in [-0.4, -0.2) is 50.8 Å². The van der Waals surface area contributed by atoms with Crippen LogP contribution >= 0.6 is 0 Å². The molecule has 1 saturated carbocycles. The first-order valence-corrected chi connectivity index (χ1v) is 6.83. The zero-order valence-electron chi connectivity index (χ0n) is 11.0. The second-order valence-corrected chi connectivity index (χ2v) is 4.72. The molecule has 0 unspecified atom stereocenters. The molecular weight excluding hydrogens is 200 g/mol. The number of rotatable bonds is 10. The summed E-state index contributed by atoms with van der Waals surface area (Å²) in [5.74, 6) is 0. The van der Waals surface area contributed by atoms with Gasteiger partial charge in [-0.3, -0.25) is 0 Å². The Labute approximate surface area is 101 Å². The van der Waals surface area contributed by atoms with Crippen molar-refractivity contribution >= 4 is 0 Å². The van der Waals surface area contributed by atoms with Gasteiger partial charge in [-0.05, 0) is 46.2 Å². The van der Waals surface area contributed by atoms with Crippen LogP contribution in [-0.2, 0) is 4.74 Å². The third-order valence-electron chi connectivity index (χ3n) is 3.44. The van der Waals surface area contributed by atoms with Crippen molar-refractivity contribution in [3.05, 3.63) is 0 Å². The smallest absolute Gasteiger partial charge is 0.0466 e. The lowest BCUT2D eigenvalue weighted by Gasteiger charge is -2.34. The molecule has 3 heteroatoms. The molecule has 1 aliphatic rings. The first-order chi connectivity index (χ1) is 7.84. The van der Waals surface area contributed by atoms with E-state index in [1.54, 1.807) is 0 Å². The normalized spacial score (nSPS) is 16.7. The highest BCUT2D eigenvalue weighted by molar-refractivity contribution is 4.77. The Morgan fingerprint density at radius 1 is 1.25 bits per heavy atom. The number of hydrogen-bond acceptors (Lipinski definition) is 3. The maximum absolute atomic E-state index is 5.30. The number of unbranched alkanes of at least 4 members (excludes halogenated alkanes) is 1. The Kier molecular flexibility index (Phi) is 7.81. The van der Waals surface area contributed by atoms with Gasteiger partial charge in [0.25, 0.3) is 0 Å². The Morgan fingerprint density at radius 3 is 2.69 bits per heavy atom. The number of likely N-dealkylation sites (N-methyl/N-ethyl adjacent to an activating group) is 1. The van der Waals surface area contributed by atoms with Crippen LogP contribution in [0, 0.1) is 0 Å². The minimum Gasteiger partial charge on any atom is -0.382 e. The van der Waals surface area contributed by atoms with Gasteiger partial charge in [-0.1, -0.05) is 6.42 Å². The van der Waals surface area contributed by atoms with Gasteiger partial charge in [0.1, 0.15) is 0 Å². The fourth-order valence-corrected chi connectivity index (χ4v) is 1.99. The van der Waals surface area contributed by atoms with E-state index < -0.39 is 0 Å². The lowest BCUT2D eigenvalue weighted by molar-refractivity contribution is 0.142. The minimum atomic E-state index is 0.847. The highest BCUT2D eigenvalue weighted by atomic mass is 16.5. The Balaban J connectivity index is 1.77. The molecule has 0 spiro atoms. The van der Waals surface area contributed by atoms with E-state index in [1.807, 2.05) is 0 Å². The molecule has 1 fully saturated rings. The van der Waals surface area contributed by atoms with Gasteiger partial charge in [0.2, 0.25) is 0 Å². The van der Waals surface area contributed by atoms with Gasteiger partial charge < -0.3 is 15.0 Å². The predicted molar refractivity (Wildman–Crippen MR) is 68.9 cm³/mol. The van der Waals surface area contributed by atoms with E-state index in [1.165, 1.54) is 38.6 Å². The third kappa shape index (κ3) is 5.83. The fraction of sp³-hybridized carbons (Fsp3) is 1.00. The third-order valence-corrected chi connectivity index (χ3v) is 3.44. The van der Waals surface area contributed by atoms with Gasteiger partial charge in [-0.15, -0.1) is 0 Å². The molecule has 0 aliphatic heterocycles. The van der Waals surface area contributed by atoms with Crippen molar-refractivity contribution in [1.29, 1.82) is 0 Å². The molecule has 16 heavy (non-hydrogen) atoms. The van der Waals surface area contributed by atoms with Crippen LogP contribution < -0.4 is 5.32 Å². The molecule has 1 aliphatic carbocycles. The molecule has 3 nitrogen and oxygen atoms in total. The molecule has 0 aromatic carbocycles. The summed E-state index contributed by atoms with van der Waals surface area (Å²) in [7, 11) is 2.25. The number of ether oxygens (including phenoxy) is 1. The van der Waals surface area contributed by atoms with Crippen molar-refractivity contribution < 1.29 is 4.74 Å². The quantitative estimate of drug-likeness (QED) is 0.578. The topological polar surface area (TPSA) is 24.5 Å². The molecule has 0 radical (unpaired) electrons. The van der Waals surface area contributed by atoms with Crippen LogP contribution in [0.1, 0.15) is 39.0 Å². The SMILES string of the molecule is CCOCCCCNCCN(C)C1CCC1. The van der Waals surface area contributed by atoms with Crippen LogP contribution in [0.2, 0.25) is 0 Å². The van der Waals surface area contributed by atoms with Gasteiger partial charge in [0.15, 0.2) is 0 Å². The van der Waals surface area contributed by atoms with Crippen molar-refractivity contribution in [1.82, 2.24) is 10.2 Å². The summed E-state index contributed by atoms with van der Waals surface area (Å²) in [5, 5.41) is 3.50. The highest BCUT2D eigenvalue weighted by Gasteiger charge is 2.20. The van der Waals surface area contributed by atoms with Crippen LogP contribution in [0.4, 0.5) is 0 Å². The highest BCUT2D eigenvalue weighted by Crippen LogP contribution is 2.22. The summed E-state index contributed by atoms with van der Waals surface area (Å²) in [6.07, 6.45) is 6.65. The average Bonchev–Trinajstić information content (AvgIpc) is 2.19. The second-order valence-electron chi connectivity index (χ2n) is 4.72. The van der Waals surface area contributed by atoms with E-state index in [0.717, 1.165) is 32.3 Å². The molecule has 0 bridgehead atoms. The molecule has 0 saturated heterocycles. The summed E-state index contributed by atoms with van der Waals surface area (Å²) in [6.45, 7) is 7.26. The summed E-state index contributed by atoms with van der Waals surface area (Å²) in [4.78, 5) is 2.50. The summed E-state index contributed by atoms with van der Waals surface area (Å²) >= 11 is 0. The Hall–Kier alpha value is -0.120. The number of hydrogen-bond donors (Lipinski definition) is 1. The zero-order chi connectivity index (χ0) is 11.6. The summed E-state index contributed by atoms with van der Waals surface area (Å²) in [6, 6.07) is 0.875. The molecule has 1 N–H and O–H groups in total. The van der Waals surface area contributed by atoms with E-state index in [2.05, 4.69) is 24.2 Å². The lowest BCUT2D eigenvalue weighted by atomic mass is 9.92. The monoisotopic (exact) mass is 228 g/mol. The van der Waals surface area contributed by atoms with E-state index in [4.69, 9.17) is 4.74 Å². The fourth-order valence-electron chi connectivity index (χ4n) is 1.99. The molecule has 0 aromatic rings. The van der Waals surface area contributed by atoms with Gasteiger partial charge in [0, 0.05) is 32.3 Å². The standard InChI is InChI=1S/C13H28N2O/c1-3-16-12-5-4-9-14-10-11-15(2)13-7-6-8-13/h13-14H,3-12H2,1-2H3. The average molecular weight is 228 g/mol. The minimum absolute atomic E-state index is 0.847. The largest absolute Gasteiger partial charge is 0.382 e. The molecular formula is C13H28N2O. The maximum Gasteiger partial charge on any atom is 0.0466 e. The van der Waals surface area contributed by atoms with Crippen LogP contribution in [0.5, 0.6) is 0 Å². The van der Waals surface area contributed by atoms with Gasteiger partial charge in [0.05, 0.1) is 0 Å². The lowest BCUT2D eigenvalue weighted by Crippen LogP contribution is -2.40. The number of nitrogens with zero attached hydrogens (tertiary/aromatic N) is 1. The molecule has 0 aromatic heterocycles. The Bertz CT molecular complexity index is 160. The van der Waals surface area contributed by atoms with Crippen LogP contribution in [0.3, 0.4) is 0 Å². The molecule has 0 heterocycles. The van der Waals surface area contributed by atoms with Crippen LogP contribution in [0.15, 0.2) is 0 Å². The Morgan fingerprint density at radius 2 is 2.06 bits per heavy atom. The van der Waals surface area contributed by atoms with E-state index in [9.17, 15) is 0 Å².